The van der Waals surface area contributed by atoms with E-state index in [0.717, 1.165) is 11.1 Å². The van der Waals surface area contributed by atoms with E-state index in [4.69, 9.17) is 8.85 Å². The topological polar surface area (TPSA) is 108 Å². The third-order valence-electron chi connectivity index (χ3n) is 6.24. The molecule has 0 saturated heterocycles. The van der Waals surface area contributed by atoms with Crippen molar-refractivity contribution in [1.82, 2.24) is 5.32 Å². The number of aliphatic hydroxyl groups is 1. The molecule has 0 amide bonds. The molecular weight excluding hydrogens is 478 g/mol. The summed E-state index contributed by atoms with van der Waals surface area (Å²) < 4.78 is 12.0. The third-order valence-corrected chi connectivity index (χ3v) is 7.14. The molecule has 0 aromatic heterocycles. The summed E-state index contributed by atoms with van der Waals surface area (Å²) in [7, 11) is 0.535. The number of aromatic hydroxyl groups is 1. The number of aromatic carboxylic acids is 1. The van der Waals surface area contributed by atoms with Gasteiger partial charge in [0.2, 0.25) is 19.5 Å². The van der Waals surface area contributed by atoms with Crippen molar-refractivity contribution in [1.29, 1.82) is 0 Å². The van der Waals surface area contributed by atoms with Crippen LogP contribution in [-0.4, -0.2) is 59.2 Å². The SMILES string of the molecule is C[Si]OC(O[Si]C)C(C)(C)[C@H](CNC(C)(C)Cc1cccc(C(=O)O)c1)c1ccc(O)c(CO)c1. The molecule has 0 unspecified atom stereocenters. The molecule has 4 N–H and O–H groups in total. The van der Waals surface area contributed by atoms with Gasteiger partial charge in [0, 0.05) is 29.0 Å². The first kappa shape index (κ1) is 29.2. The number of benzene rings is 2. The fourth-order valence-corrected chi connectivity index (χ4v) is 5.46. The average Bonchev–Trinajstić information content (AvgIpc) is 2.79. The van der Waals surface area contributed by atoms with E-state index in [1.807, 2.05) is 31.3 Å². The quantitative estimate of drug-likeness (QED) is 0.222. The summed E-state index contributed by atoms with van der Waals surface area (Å²) in [5.74, 6) is -0.949. The molecule has 1 atom stereocenters. The van der Waals surface area contributed by atoms with Crippen molar-refractivity contribution in [3.63, 3.8) is 0 Å². The van der Waals surface area contributed by atoms with Gasteiger partial charge in [-0.1, -0.05) is 32.0 Å². The lowest BCUT2D eigenvalue weighted by Gasteiger charge is -2.42. The Hall–Kier alpha value is -2.02. The molecule has 9 heteroatoms. The average molecular weight is 516 g/mol. The summed E-state index contributed by atoms with van der Waals surface area (Å²) >= 11 is 0. The molecule has 190 valence electrons. The second-order valence-electron chi connectivity index (χ2n) is 9.84. The number of carbonyl (C=O) groups is 1. The second-order valence-corrected chi connectivity index (χ2v) is 11.1. The molecule has 2 aromatic carbocycles. The molecule has 0 saturated carbocycles. The third kappa shape index (κ3) is 7.99. The summed E-state index contributed by atoms with van der Waals surface area (Å²) in [4.78, 5) is 11.4. The second kappa shape index (κ2) is 12.8. The largest absolute Gasteiger partial charge is 0.508 e. The van der Waals surface area contributed by atoms with Gasteiger partial charge < -0.3 is 29.5 Å². The Morgan fingerprint density at radius 3 is 2.29 bits per heavy atom. The lowest BCUT2D eigenvalue weighted by atomic mass is 9.73. The maximum atomic E-state index is 11.4. The van der Waals surface area contributed by atoms with Gasteiger partial charge >= 0.3 is 5.97 Å². The van der Waals surface area contributed by atoms with Gasteiger partial charge in [-0.25, -0.2) is 4.79 Å². The van der Waals surface area contributed by atoms with Crippen molar-refractivity contribution in [2.24, 2.45) is 5.41 Å². The molecule has 2 rings (SSSR count). The number of nitrogens with one attached hydrogen (secondary N) is 1. The van der Waals surface area contributed by atoms with E-state index >= 15 is 0 Å². The lowest BCUT2D eigenvalue weighted by molar-refractivity contribution is -0.0908. The van der Waals surface area contributed by atoms with E-state index < -0.39 is 17.7 Å². The zero-order valence-corrected chi connectivity index (χ0v) is 23.4. The van der Waals surface area contributed by atoms with Gasteiger partial charge in [-0.15, -0.1) is 0 Å². The standard InChI is InChI=1S/C26H37NO6Si2/c1-25(2,14-17-8-7-9-19(12-17)23(30)31)27-15-21(18-10-11-22(29)20(13-18)16-28)26(3,4)24(32-34-5)33-35-6/h7-13,21,24,27-29H,14-16H2,1-6H3,(H,30,31)/t21-/m1/s1. The van der Waals surface area contributed by atoms with Crippen LogP contribution in [0.3, 0.4) is 0 Å². The minimum absolute atomic E-state index is 0.0635. The highest BCUT2D eigenvalue weighted by molar-refractivity contribution is 6.26. The Morgan fingerprint density at radius 2 is 1.71 bits per heavy atom. The minimum Gasteiger partial charge on any atom is -0.508 e. The molecule has 0 spiro atoms. The summed E-state index contributed by atoms with van der Waals surface area (Å²) in [6, 6.07) is 12.3. The highest BCUT2D eigenvalue weighted by Crippen LogP contribution is 2.41. The maximum Gasteiger partial charge on any atom is 0.335 e. The van der Waals surface area contributed by atoms with E-state index in [0.29, 0.717) is 18.5 Å². The molecule has 0 aliphatic heterocycles. The van der Waals surface area contributed by atoms with Gasteiger partial charge in [0.15, 0.2) is 0 Å². The van der Waals surface area contributed by atoms with E-state index in [9.17, 15) is 20.1 Å². The zero-order chi connectivity index (χ0) is 26.2. The Morgan fingerprint density at radius 1 is 1.06 bits per heavy atom. The van der Waals surface area contributed by atoms with Crippen LogP contribution in [0.1, 0.15) is 60.7 Å². The number of phenols is 1. The van der Waals surface area contributed by atoms with Gasteiger partial charge in [-0.2, -0.15) is 0 Å². The smallest absolute Gasteiger partial charge is 0.335 e. The normalized spacial score (nSPS) is 13.3. The summed E-state index contributed by atoms with van der Waals surface area (Å²) in [6.07, 6.45) is 0.213. The Labute approximate surface area is 213 Å². The van der Waals surface area contributed by atoms with Crippen molar-refractivity contribution in [3.05, 3.63) is 64.7 Å². The van der Waals surface area contributed by atoms with Crippen LogP contribution in [0, 0.1) is 5.41 Å². The van der Waals surface area contributed by atoms with Crippen molar-refractivity contribution in [3.8, 4) is 5.75 Å². The van der Waals surface area contributed by atoms with Gasteiger partial charge in [0.1, 0.15) is 12.0 Å². The molecule has 35 heavy (non-hydrogen) atoms. The molecule has 7 nitrogen and oxygen atoms in total. The van der Waals surface area contributed by atoms with Gasteiger partial charge in [0.05, 0.1) is 12.2 Å². The number of carboxylic acids is 1. The number of hydrogen-bond donors (Lipinski definition) is 4. The van der Waals surface area contributed by atoms with Crippen molar-refractivity contribution < 1.29 is 29.0 Å². The van der Waals surface area contributed by atoms with Crippen molar-refractivity contribution in [2.45, 2.75) is 71.6 Å². The van der Waals surface area contributed by atoms with E-state index in [1.54, 1.807) is 24.3 Å². The van der Waals surface area contributed by atoms with Crippen LogP contribution >= 0.6 is 0 Å². The monoisotopic (exact) mass is 515 g/mol. The van der Waals surface area contributed by atoms with Crippen LogP contribution in [0.4, 0.5) is 0 Å². The number of hydrogen-bond acceptors (Lipinski definition) is 6. The van der Waals surface area contributed by atoms with Crippen LogP contribution in [0.2, 0.25) is 13.1 Å². The molecular formula is C26H37NO6Si2. The predicted octanol–water partition coefficient (Wildman–Crippen LogP) is 4.00. The van der Waals surface area contributed by atoms with E-state index in [-0.39, 0.29) is 48.9 Å². The first-order valence-electron chi connectivity index (χ1n) is 11.6. The fourth-order valence-electron chi connectivity index (χ4n) is 4.23. The zero-order valence-electron chi connectivity index (χ0n) is 21.4. The number of aliphatic hydroxyl groups excluding tert-OH is 1. The predicted molar refractivity (Wildman–Crippen MR) is 139 cm³/mol. The van der Waals surface area contributed by atoms with Crippen molar-refractivity contribution in [2.75, 3.05) is 6.54 Å². The molecule has 0 aliphatic carbocycles. The molecule has 2 aromatic rings. The van der Waals surface area contributed by atoms with E-state index in [2.05, 4.69) is 33.0 Å². The summed E-state index contributed by atoms with van der Waals surface area (Å²) in [5, 5.41) is 32.8. The molecule has 0 bridgehead atoms. The number of rotatable bonds is 14. The number of carboxylic acid groups (broad SMARTS) is 1. The van der Waals surface area contributed by atoms with Crippen molar-refractivity contribution >= 4 is 25.5 Å². The summed E-state index contributed by atoms with van der Waals surface area (Å²) in [6.45, 7) is 12.7. The van der Waals surface area contributed by atoms with Crippen LogP contribution in [0.5, 0.6) is 5.75 Å². The molecule has 4 radical (unpaired) electrons. The van der Waals surface area contributed by atoms with Crippen LogP contribution in [-0.2, 0) is 21.9 Å². The minimum atomic E-state index is -0.939. The molecule has 0 fully saturated rings. The molecule has 0 aliphatic rings. The first-order valence-corrected chi connectivity index (χ1v) is 14.4. The molecule has 0 heterocycles. The van der Waals surface area contributed by atoms with Gasteiger partial charge in [-0.3, -0.25) is 0 Å². The first-order chi connectivity index (χ1) is 16.4. The fraction of sp³-hybridized carbons (Fsp3) is 0.500. The summed E-state index contributed by atoms with van der Waals surface area (Å²) in [5.41, 5.74) is 1.87. The lowest BCUT2D eigenvalue weighted by Crippen LogP contribution is -2.49. The van der Waals surface area contributed by atoms with Crippen LogP contribution < -0.4 is 5.32 Å². The van der Waals surface area contributed by atoms with Crippen LogP contribution in [0.15, 0.2) is 42.5 Å². The van der Waals surface area contributed by atoms with E-state index in [1.165, 1.54) is 0 Å². The maximum absolute atomic E-state index is 11.4. The Bertz CT molecular complexity index is 976. The Balaban J connectivity index is 2.36. The highest BCUT2D eigenvalue weighted by atomic mass is 28.2. The van der Waals surface area contributed by atoms with Crippen LogP contribution in [0.25, 0.3) is 0 Å². The van der Waals surface area contributed by atoms with Gasteiger partial charge in [-0.05, 0) is 68.8 Å². The van der Waals surface area contributed by atoms with Gasteiger partial charge in [0.25, 0.3) is 0 Å². The highest BCUT2D eigenvalue weighted by Gasteiger charge is 2.40. The Kier molecular flexibility index (Phi) is 10.7.